The lowest BCUT2D eigenvalue weighted by Crippen LogP contribution is -2.48. The summed E-state index contributed by atoms with van der Waals surface area (Å²) in [6, 6.07) is 37.3. The highest BCUT2D eigenvalue weighted by Crippen LogP contribution is 2.42. The summed E-state index contributed by atoms with van der Waals surface area (Å²) in [5.74, 6) is -1.85. The quantitative estimate of drug-likeness (QED) is 0.231. The Bertz CT molecular complexity index is 1250. The van der Waals surface area contributed by atoms with Crippen LogP contribution in [0, 0.1) is 0 Å². The number of ether oxygens (including phenoxy) is 1. The van der Waals surface area contributed by atoms with Crippen LogP contribution in [0.15, 0.2) is 121 Å². The van der Waals surface area contributed by atoms with E-state index in [2.05, 4.69) is 5.32 Å². The molecule has 0 radical (unpaired) electrons. The monoisotopic (exact) mass is 506 g/mol. The Balaban J connectivity index is 1.59. The third-order valence-corrected chi connectivity index (χ3v) is 6.52. The van der Waals surface area contributed by atoms with Crippen LogP contribution in [0.25, 0.3) is 0 Å². The highest BCUT2D eigenvalue weighted by Gasteiger charge is 2.39. The maximum Gasteiger partial charge on any atom is 0.308 e. The first-order valence-electron chi connectivity index (χ1n) is 12.4. The molecular weight excluding hydrogens is 476 g/mol. The minimum atomic E-state index is -1.20. The van der Waals surface area contributed by atoms with Crippen molar-refractivity contribution in [3.63, 3.8) is 0 Å². The summed E-state index contributed by atoms with van der Waals surface area (Å²) >= 11 is 0. The van der Waals surface area contributed by atoms with Crippen molar-refractivity contribution in [2.45, 2.75) is 30.9 Å². The molecule has 0 aliphatic carbocycles. The second-order valence-corrected chi connectivity index (χ2v) is 9.05. The molecule has 0 aliphatic rings. The van der Waals surface area contributed by atoms with Gasteiger partial charge in [0.05, 0.1) is 11.8 Å². The molecule has 0 aromatic heterocycles. The molecule has 0 heterocycles. The van der Waals surface area contributed by atoms with Crippen LogP contribution in [0.2, 0.25) is 0 Å². The molecule has 3 N–H and O–H groups in total. The van der Waals surface area contributed by atoms with Crippen LogP contribution in [-0.4, -0.2) is 23.8 Å². The number of carbonyl (C=O) groups excluding carboxylic acids is 3. The molecule has 4 rings (SSSR count). The second-order valence-electron chi connectivity index (χ2n) is 9.05. The van der Waals surface area contributed by atoms with Crippen LogP contribution in [-0.2, 0) is 31.1 Å². The van der Waals surface area contributed by atoms with E-state index in [9.17, 15) is 14.4 Å². The Labute approximate surface area is 222 Å². The molecule has 6 nitrogen and oxygen atoms in total. The van der Waals surface area contributed by atoms with E-state index in [1.54, 1.807) is 0 Å². The number of nitrogens with one attached hydrogen (secondary N) is 1. The van der Waals surface area contributed by atoms with E-state index in [-0.39, 0.29) is 19.4 Å². The summed E-state index contributed by atoms with van der Waals surface area (Å²) in [6.07, 6.45) is -0.364. The summed E-state index contributed by atoms with van der Waals surface area (Å²) in [4.78, 5) is 38.3. The molecule has 0 unspecified atom stereocenters. The third kappa shape index (κ3) is 6.34. The van der Waals surface area contributed by atoms with Crippen LogP contribution in [0.1, 0.15) is 35.1 Å². The van der Waals surface area contributed by atoms with Gasteiger partial charge in [0.25, 0.3) is 0 Å². The van der Waals surface area contributed by atoms with Crippen molar-refractivity contribution in [2.75, 3.05) is 0 Å². The van der Waals surface area contributed by atoms with E-state index in [1.165, 1.54) is 0 Å². The van der Waals surface area contributed by atoms with E-state index < -0.39 is 29.2 Å². The highest BCUT2D eigenvalue weighted by atomic mass is 16.5. The normalized spacial score (nSPS) is 11.8. The molecule has 0 saturated carbocycles. The van der Waals surface area contributed by atoms with E-state index >= 15 is 0 Å². The van der Waals surface area contributed by atoms with E-state index in [1.807, 2.05) is 121 Å². The zero-order valence-electron chi connectivity index (χ0n) is 21.0. The largest absolute Gasteiger partial charge is 0.461 e. The van der Waals surface area contributed by atoms with Crippen LogP contribution < -0.4 is 11.1 Å². The first-order chi connectivity index (χ1) is 18.5. The first-order valence-corrected chi connectivity index (χ1v) is 12.4. The summed E-state index contributed by atoms with van der Waals surface area (Å²) in [7, 11) is 0. The molecule has 0 bridgehead atoms. The van der Waals surface area contributed by atoms with Crippen molar-refractivity contribution in [1.82, 2.24) is 5.32 Å². The number of primary amides is 1. The molecule has 0 aliphatic heterocycles. The third-order valence-electron chi connectivity index (χ3n) is 6.52. The van der Waals surface area contributed by atoms with Crippen molar-refractivity contribution in [3.05, 3.63) is 144 Å². The summed E-state index contributed by atoms with van der Waals surface area (Å²) in [5.41, 5.74) is 8.32. The van der Waals surface area contributed by atoms with Gasteiger partial charge in [0.1, 0.15) is 12.6 Å². The number of carbonyl (C=O) groups is 3. The Morgan fingerprint density at radius 2 is 1.11 bits per heavy atom. The predicted octanol–water partition coefficient (Wildman–Crippen LogP) is 4.51. The Hall–Kier alpha value is -4.71. The lowest BCUT2D eigenvalue weighted by atomic mass is 9.67. The SMILES string of the molecule is NC(=O)[C@H](CC(=O)OCc1ccccc1)NC(=O)CC(c1ccccc1)(c1ccccc1)c1ccccc1. The molecule has 192 valence electrons. The first kappa shape index (κ1) is 26.4. The minimum absolute atomic E-state index is 0.00607. The van der Waals surface area contributed by atoms with Crippen LogP contribution in [0.5, 0.6) is 0 Å². The van der Waals surface area contributed by atoms with Crippen molar-refractivity contribution in [2.24, 2.45) is 5.73 Å². The minimum Gasteiger partial charge on any atom is -0.461 e. The molecule has 6 heteroatoms. The Morgan fingerprint density at radius 3 is 1.53 bits per heavy atom. The Kier molecular flexibility index (Phi) is 8.67. The molecule has 4 aromatic rings. The number of benzene rings is 4. The zero-order chi connectivity index (χ0) is 26.8. The maximum absolute atomic E-state index is 13.6. The average Bonchev–Trinajstić information content (AvgIpc) is 2.96. The van der Waals surface area contributed by atoms with Crippen LogP contribution >= 0.6 is 0 Å². The van der Waals surface area contributed by atoms with E-state index in [0.29, 0.717) is 0 Å². The molecule has 4 aromatic carbocycles. The molecule has 2 amide bonds. The number of amides is 2. The van der Waals surface area contributed by atoms with Crippen molar-refractivity contribution >= 4 is 17.8 Å². The number of nitrogens with two attached hydrogens (primary N) is 1. The van der Waals surface area contributed by atoms with E-state index in [4.69, 9.17) is 10.5 Å². The average molecular weight is 507 g/mol. The fourth-order valence-corrected chi connectivity index (χ4v) is 4.65. The van der Waals surface area contributed by atoms with Crippen molar-refractivity contribution < 1.29 is 19.1 Å². The molecular formula is C32H30N2O4. The summed E-state index contributed by atoms with van der Waals surface area (Å²) < 4.78 is 5.30. The molecule has 0 saturated heterocycles. The van der Waals surface area contributed by atoms with Gasteiger partial charge in [0.2, 0.25) is 11.8 Å². The van der Waals surface area contributed by atoms with Crippen molar-refractivity contribution in [3.8, 4) is 0 Å². The second kappa shape index (κ2) is 12.5. The van der Waals surface area contributed by atoms with Crippen LogP contribution in [0.4, 0.5) is 0 Å². The van der Waals surface area contributed by atoms with Gasteiger partial charge < -0.3 is 15.8 Å². The number of hydrogen-bond donors (Lipinski definition) is 2. The van der Waals surface area contributed by atoms with Gasteiger partial charge in [-0.25, -0.2) is 0 Å². The smallest absolute Gasteiger partial charge is 0.308 e. The van der Waals surface area contributed by atoms with Gasteiger partial charge in [-0.3, -0.25) is 14.4 Å². The number of esters is 1. The van der Waals surface area contributed by atoms with E-state index in [0.717, 1.165) is 22.3 Å². The van der Waals surface area contributed by atoms with Gasteiger partial charge in [0.15, 0.2) is 0 Å². The highest BCUT2D eigenvalue weighted by molar-refractivity contribution is 5.90. The number of rotatable bonds is 11. The lowest BCUT2D eigenvalue weighted by molar-refractivity contribution is -0.147. The number of hydrogen-bond acceptors (Lipinski definition) is 4. The van der Waals surface area contributed by atoms with Crippen LogP contribution in [0.3, 0.4) is 0 Å². The lowest BCUT2D eigenvalue weighted by Gasteiger charge is -2.36. The standard InChI is InChI=1S/C32H30N2O4/c33-31(37)28(21-30(36)38-23-24-13-5-1-6-14-24)34-29(35)22-32(25-15-7-2-8-16-25,26-17-9-3-10-18-26)27-19-11-4-12-20-27/h1-20,28H,21-23H2,(H2,33,37)(H,34,35)/t28-/m0/s1. The van der Waals surface area contributed by atoms with Gasteiger partial charge in [-0.15, -0.1) is 0 Å². The molecule has 0 spiro atoms. The van der Waals surface area contributed by atoms with Crippen molar-refractivity contribution in [1.29, 1.82) is 0 Å². The predicted molar refractivity (Wildman–Crippen MR) is 146 cm³/mol. The molecule has 0 fully saturated rings. The van der Waals surface area contributed by atoms with Gasteiger partial charge in [-0.1, -0.05) is 121 Å². The maximum atomic E-state index is 13.6. The Morgan fingerprint density at radius 1 is 0.684 bits per heavy atom. The summed E-state index contributed by atoms with van der Waals surface area (Å²) in [5, 5.41) is 2.70. The van der Waals surface area contributed by atoms with Gasteiger partial charge in [-0.2, -0.15) is 0 Å². The van der Waals surface area contributed by atoms with Gasteiger partial charge in [0, 0.05) is 6.42 Å². The summed E-state index contributed by atoms with van der Waals surface area (Å²) in [6.45, 7) is 0.0677. The van der Waals surface area contributed by atoms with Gasteiger partial charge in [-0.05, 0) is 22.3 Å². The van der Waals surface area contributed by atoms with Gasteiger partial charge >= 0.3 is 5.97 Å². The fraction of sp³-hybridized carbons (Fsp3) is 0.156. The topological polar surface area (TPSA) is 98.5 Å². The zero-order valence-corrected chi connectivity index (χ0v) is 21.0. The molecule has 38 heavy (non-hydrogen) atoms. The molecule has 1 atom stereocenters. The fourth-order valence-electron chi connectivity index (χ4n) is 4.65.